The van der Waals surface area contributed by atoms with Crippen molar-refractivity contribution >= 4 is 38.4 Å². The van der Waals surface area contributed by atoms with Gasteiger partial charge in [-0.3, -0.25) is 14.2 Å². The predicted molar refractivity (Wildman–Crippen MR) is 112 cm³/mol. The van der Waals surface area contributed by atoms with Crippen molar-refractivity contribution in [3.8, 4) is 0 Å². The van der Waals surface area contributed by atoms with Crippen molar-refractivity contribution in [1.82, 2.24) is 14.5 Å². The van der Waals surface area contributed by atoms with E-state index in [-0.39, 0.29) is 18.0 Å². The summed E-state index contributed by atoms with van der Waals surface area (Å²) in [4.78, 5) is 36.4. The first kappa shape index (κ1) is 18.6. The number of hydrogen-bond acceptors (Lipinski definition) is 6. The summed E-state index contributed by atoms with van der Waals surface area (Å²) in [5, 5.41) is 3.76. The third kappa shape index (κ3) is 3.64. The minimum Gasteiger partial charge on any atom is -0.348 e. The number of para-hydroxylation sites is 1. The zero-order valence-electron chi connectivity index (χ0n) is 16.1. The number of aromatic nitrogens is 3. The lowest BCUT2D eigenvalue weighted by atomic mass is 10.1. The van der Waals surface area contributed by atoms with Gasteiger partial charge in [-0.2, -0.15) is 4.98 Å². The zero-order chi connectivity index (χ0) is 19.7. The normalized spacial score (nSPS) is 14.4. The molecule has 8 heteroatoms. The maximum absolute atomic E-state index is 12.8. The second-order valence-corrected chi connectivity index (χ2v) is 8.17. The number of rotatable bonds is 4. The molecule has 1 N–H and O–H groups in total. The molecule has 28 heavy (non-hydrogen) atoms. The molecule has 2 aromatic heterocycles. The molecule has 1 saturated heterocycles. The average Bonchev–Trinajstić information content (AvgIpc) is 3.13. The highest BCUT2D eigenvalue weighted by Crippen LogP contribution is 2.27. The smallest absolute Gasteiger partial charge is 0.273 e. The SMILES string of the molecule is Cc1cccc(C)c1NC(=O)Cn1cnc2nc(N3CCCCC3)sc2c1=O. The van der Waals surface area contributed by atoms with Crippen LogP contribution in [-0.4, -0.2) is 33.5 Å². The molecule has 3 heterocycles. The summed E-state index contributed by atoms with van der Waals surface area (Å²) >= 11 is 1.37. The lowest BCUT2D eigenvalue weighted by molar-refractivity contribution is -0.116. The van der Waals surface area contributed by atoms with Gasteiger partial charge in [-0.15, -0.1) is 0 Å². The number of aryl methyl sites for hydroxylation is 2. The number of anilines is 2. The van der Waals surface area contributed by atoms with Crippen molar-refractivity contribution in [3.05, 3.63) is 46.0 Å². The van der Waals surface area contributed by atoms with Crippen LogP contribution < -0.4 is 15.8 Å². The van der Waals surface area contributed by atoms with Gasteiger partial charge >= 0.3 is 0 Å². The molecule has 1 aliphatic heterocycles. The van der Waals surface area contributed by atoms with Gasteiger partial charge in [-0.1, -0.05) is 29.5 Å². The van der Waals surface area contributed by atoms with Gasteiger partial charge in [-0.25, -0.2) is 4.98 Å². The molecule has 7 nitrogen and oxygen atoms in total. The van der Waals surface area contributed by atoms with Gasteiger partial charge in [-0.05, 0) is 44.2 Å². The molecule has 0 radical (unpaired) electrons. The minimum absolute atomic E-state index is 0.0769. The Morgan fingerprint density at radius 3 is 2.61 bits per heavy atom. The van der Waals surface area contributed by atoms with Gasteiger partial charge in [0.05, 0.1) is 0 Å². The Labute approximate surface area is 167 Å². The molecule has 0 saturated carbocycles. The van der Waals surface area contributed by atoms with E-state index in [1.807, 2.05) is 32.0 Å². The van der Waals surface area contributed by atoms with Crippen LogP contribution in [0.25, 0.3) is 10.3 Å². The molecule has 0 unspecified atom stereocenters. The third-order valence-electron chi connectivity index (χ3n) is 5.06. The van der Waals surface area contributed by atoms with Gasteiger partial charge in [0, 0.05) is 18.8 Å². The number of hydrogen-bond donors (Lipinski definition) is 1. The van der Waals surface area contributed by atoms with Crippen molar-refractivity contribution in [2.75, 3.05) is 23.3 Å². The van der Waals surface area contributed by atoms with E-state index in [0.29, 0.717) is 10.3 Å². The second kappa shape index (κ2) is 7.71. The fourth-order valence-corrected chi connectivity index (χ4v) is 4.53. The molecule has 0 spiro atoms. The minimum atomic E-state index is -0.249. The average molecular weight is 398 g/mol. The Hall–Kier alpha value is -2.74. The van der Waals surface area contributed by atoms with Crippen LogP contribution in [0.2, 0.25) is 0 Å². The van der Waals surface area contributed by atoms with Gasteiger partial charge in [0.2, 0.25) is 5.91 Å². The Kier molecular flexibility index (Phi) is 5.13. The summed E-state index contributed by atoms with van der Waals surface area (Å²) in [6, 6.07) is 5.84. The summed E-state index contributed by atoms with van der Waals surface area (Å²) < 4.78 is 1.85. The molecule has 1 aromatic carbocycles. The van der Waals surface area contributed by atoms with Crippen molar-refractivity contribution in [3.63, 3.8) is 0 Å². The van der Waals surface area contributed by atoms with E-state index < -0.39 is 0 Å². The summed E-state index contributed by atoms with van der Waals surface area (Å²) in [6.07, 6.45) is 4.94. The van der Waals surface area contributed by atoms with Crippen LogP contribution in [0.5, 0.6) is 0 Å². The number of nitrogens with zero attached hydrogens (tertiary/aromatic N) is 4. The molecule has 1 amide bonds. The first-order valence-electron chi connectivity index (χ1n) is 9.50. The van der Waals surface area contributed by atoms with E-state index >= 15 is 0 Å². The van der Waals surface area contributed by atoms with E-state index in [9.17, 15) is 9.59 Å². The van der Waals surface area contributed by atoms with Crippen molar-refractivity contribution in [2.24, 2.45) is 0 Å². The monoisotopic (exact) mass is 397 g/mol. The molecule has 0 atom stereocenters. The van der Waals surface area contributed by atoms with E-state index in [0.717, 1.165) is 47.9 Å². The van der Waals surface area contributed by atoms with Gasteiger partial charge in [0.15, 0.2) is 10.8 Å². The number of carbonyl (C=O) groups is 1. The van der Waals surface area contributed by atoms with Crippen LogP contribution in [0.15, 0.2) is 29.3 Å². The van der Waals surface area contributed by atoms with Crippen molar-refractivity contribution in [2.45, 2.75) is 39.7 Å². The highest BCUT2D eigenvalue weighted by atomic mass is 32.1. The zero-order valence-corrected chi connectivity index (χ0v) is 16.9. The first-order valence-corrected chi connectivity index (χ1v) is 10.3. The number of nitrogens with one attached hydrogen (secondary N) is 1. The van der Waals surface area contributed by atoms with Crippen LogP contribution in [0, 0.1) is 13.8 Å². The molecular weight excluding hydrogens is 374 g/mol. The number of piperidine rings is 1. The van der Waals surface area contributed by atoms with Crippen molar-refractivity contribution in [1.29, 1.82) is 0 Å². The predicted octanol–water partition coefficient (Wildman–Crippen LogP) is 3.10. The van der Waals surface area contributed by atoms with Crippen LogP contribution in [0.3, 0.4) is 0 Å². The lowest BCUT2D eigenvalue weighted by Crippen LogP contribution is -2.29. The third-order valence-corrected chi connectivity index (χ3v) is 6.15. The van der Waals surface area contributed by atoms with Crippen LogP contribution in [0.4, 0.5) is 10.8 Å². The number of benzene rings is 1. The largest absolute Gasteiger partial charge is 0.348 e. The number of thiazole rings is 1. The molecule has 4 rings (SSSR count). The fourth-order valence-electron chi connectivity index (χ4n) is 3.51. The molecular formula is C20H23N5O2S. The molecule has 146 valence electrons. The van der Waals surface area contributed by atoms with Gasteiger partial charge in [0.1, 0.15) is 17.6 Å². The first-order chi connectivity index (χ1) is 13.5. The maximum atomic E-state index is 12.8. The molecule has 0 bridgehead atoms. The molecule has 0 aliphatic carbocycles. The summed E-state index contributed by atoms with van der Waals surface area (Å²) in [5.41, 5.74) is 3.01. The summed E-state index contributed by atoms with van der Waals surface area (Å²) in [5.74, 6) is -0.249. The quantitative estimate of drug-likeness (QED) is 0.732. The molecule has 3 aromatic rings. The van der Waals surface area contributed by atoms with E-state index in [1.54, 1.807) is 0 Å². The highest BCUT2D eigenvalue weighted by molar-refractivity contribution is 7.22. The molecule has 1 aliphatic rings. The van der Waals surface area contributed by atoms with E-state index in [1.165, 1.54) is 28.7 Å². The summed E-state index contributed by atoms with van der Waals surface area (Å²) in [6.45, 7) is 5.74. The second-order valence-electron chi connectivity index (χ2n) is 7.19. The van der Waals surface area contributed by atoms with Crippen LogP contribution >= 0.6 is 11.3 Å². The van der Waals surface area contributed by atoms with E-state index in [2.05, 4.69) is 20.2 Å². The fraction of sp³-hybridized carbons (Fsp3) is 0.400. The maximum Gasteiger partial charge on any atom is 0.273 e. The molecule has 1 fully saturated rings. The number of fused-ring (bicyclic) bond motifs is 1. The highest BCUT2D eigenvalue weighted by Gasteiger charge is 2.18. The Morgan fingerprint density at radius 1 is 1.18 bits per heavy atom. The summed E-state index contributed by atoms with van der Waals surface area (Å²) in [7, 11) is 0. The number of amides is 1. The van der Waals surface area contributed by atoms with Gasteiger partial charge in [0.25, 0.3) is 5.56 Å². The number of carbonyl (C=O) groups excluding carboxylic acids is 1. The standard InChI is InChI=1S/C20H23N5O2S/c1-13-7-6-8-14(2)16(13)22-15(26)11-25-12-21-18-17(19(25)27)28-20(23-18)24-9-4-3-5-10-24/h6-8,12H,3-5,9-11H2,1-2H3,(H,22,26). The Morgan fingerprint density at radius 2 is 1.89 bits per heavy atom. The Balaban J connectivity index is 1.56. The van der Waals surface area contributed by atoms with Gasteiger partial charge < -0.3 is 10.2 Å². The van der Waals surface area contributed by atoms with Crippen LogP contribution in [-0.2, 0) is 11.3 Å². The lowest BCUT2D eigenvalue weighted by Gasteiger charge is -2.25. The van der Waals surface area contributed by atoms with E-state index in [4.69, 9.17) is 0 Å². The van der Waals surface area contributed by atoms with Crippen molar-refractivity contribution < 1.29 is 4.79 Å². The Bertz CT molecular complexity index is 1060. The topological polar surface area (TPSA) is 80.1 Å². The van der Waals surface area contributed by atoms with Crippen LogP contribution in [0.1, 0.15) is 30.4 Å².